The Morgan fingerprint density at radius 1 is 0.806 bits per heavy atom. The highest BCUT2D eigenvalue weighted by Crippen LogP contribution is 2.59. The van der Waals surface area contributed by atoms with E-state index in [1.807, 2.05) is 0 Å². The van der Waals surface area contributed by atoms with Crippen molar-refractivity contribution in [2.45, 2.75) is 119 Å². The van der Waals surface area contributed by atoms with E-state index in [0.717, 1.165) is 38.5 Å². The summed E-state index contributed by atoms with van der Waals surface area (Å²) in [4.78, 5) is 0. The molecule has 16 atom stereocenters. The summed E-state index contributed by atoms with van der Waals surface area (Å²) in [5.41, 5.74) is -1.91. The van der Waals surface area contributed by atoms with Crippen LogP contribution in [0.1, 0.15) is 71.1 Å². The zero-order chi connectivity index (χ0) is 25.9. The Bertz CT molecular complexity index is 766. The first kappa shape index (κ1) is 27.3. The Hall–Kier alpha value is -0.320. The normalized spacial score (nSPS) is 56.2. The highest BCUT2D eigenvalue weighted by molar-refractivity contribution is 5.16. The summed E-state index contributed by atoms with van der Waals surface area (Å²) in [5.74, 6) is -1.57. The van der Waals surface area contributed by atoms with Crippen LogP contribution in [0.15, 0.2) is 0 Å². The van der Waals surface area contributed by atoms with Crippen LogP contribution in [0.2, 0.25) is 0 Å². The molecule has 36 heavy (non-hydrogen) atoms. The molecule has 0 bridgehead atoms. The Morgan fingerprint density at radius 3 is 2.25 bits per heavy atom. The van der Waals surface area contributed by atoms with E-state index in [9.17, 15) is 35.7 Å². The summed E-state index contributed by atoms with van der Waals surface area (Å²) in [5, 5.41) is 78.6. The minimum Gasteiger partial charge on any atom is -0.393 e. The Labute approximate surface area is 214 Å². The van der Waals surface area contributed by atoms with E-state index in [-0.39, 0.29) is 30.3 Å². The molecular formula is C28H48O8. The van der Waals surface area contributed by atoms with Gasteiger partial charge in [-0.15, -0.1) is 0 Å². The second kappa shape index (κ2) is 10.3. The van der Waals surface area contributed by atoms with Gasteiger partial charge in [-0.3, -0.25) is 0 Å². The summed E-state index contributed by atoms with van der Waals surface area (Å²) >= 11 is 0. The maximum atomic E-state index is 11.8. The molecule has 5 aliphatic rings. The molecule has 0 aliphatic heterocycles. The lowest BCUT2D eigenvalue weighted by atomic mass is 9.47. The maximum absolute atomic E-state index is 11.8. The number of aliphatic hydroxyl groups excluding tert-OH is 6. The predicted octanol–water partition coefficient (Wildman–Crippen LogP) is 0.816. The van der Waals surface area contributed by atoms with Crippen molar-refractivity contribution in [3.63, 3.8) is 0 Å². The molecule has 5 aliphatic carbocycles. The minimum absolute atomic E-state index is 0.0665. The molecule has 5 fully saturated rings. The average molecular weight is 513 g/mol. The van der Waals surface area contributed by atoms with E-state index >= 15 is 0 Å². The van der Waals surface area contributed by atoms with Crippen molar-refractivity contribution in [1.29, 1.82) is 0 Å². The van der Waals surface area contributed by atoms with Gasteiger partial charge in [-0.25, -0.2) is 0 Å². The third-order valence-corrected chi connectivity index (χ3v) is 11.5. The van der Waals surface area contributed by atoms with Crippen LogP contribution in [0.3, 0.4) is 0 Å². The van der Waals surface area contributed by atoms with E-state index in [4.69, 9.17) is 4.74 Å². The van der Waals surface area contributed by atoms with Gasteiger partial charge in [0.2, 0.25) is 0 Å². The predicted molar refractivity (Wildman–Crippen MR) is 132 cm³/mol. The Kier molecular flexibility index (Phi) is 7.83. The monoisotopic (exact) mass is 512 g/mol. The van der Waals surface area contributed by atoms with Gasteiger partial charge >= 0.3 is 0 Å². The molecule has 8 nitrogen and oxygen atoms in total. The molecule has 14 unspecified atom stereocenters. The van der Waals surface area contributed by atoms with Gasteiger partial charge in [-0.1, -0.05) is 13.3 Å². The molecule has 0 saturated heterocycles. The standard InChI is InChI=1S/C28H48O8/c1-3-19(29)24-21(31)12-15-9-14-11-18-17(13-5-4-6-16(10-13)36-2)7-8-20(30)23(18)25(32)22(14)26(33)28(15,35)27(24)34/h13-27,29-35H,3-12H2,1-2H3/t13?,14-,15+,16?,17?,18?,19?,20?,21?,22?,23?,24?,25?,26?,27?,28?/m1/s1. The molecule has 7 N–H and O–H groups in total. The first-order chi connectivity index (χ1) is 17.1. The zero-order valence-corrected chi connectivity index (χ0v) is 21.8. The van der Waals surface area contributed by atoms with E-state index in [2.05, 4.69) is 0 Å². The molecule has 208 valence electrons. The molecule has 0 heterocycles. The van der Waals surface area contributed by atoms with Crippen molar-refractivity contribution in [1.82, 2.24) is 0 Å². The maximum Gasteiger partial charge on any atom is 0.120 e. The van der Waals surface area contributed by atoms with Crippen molar-refractivity contribution in [3.8, 4) is 0 Å². The fourth-order valence-electron chi connectivity index (χ4n) is 9.77. The first-order valence-electron chi connectivity index (χ1n) is 14.5. The molecule has 5 saturated carbocycles. The van der Waals surface area contributed by atoms with Crippen molar-refractivity contribution in [2.75, 3.05) is 7.11 Å². The van der Waals surface area contributed by atoms with Crippen molar-refractivity contribution in [2.24, 2.45) is 47.3 Å². The summed E-state index contributed by atoms with van der Waals surface area (Å²) in [6, 6.07) is 0. The van der Waals surface area contributed by atoms with Gasteiger partial charge in [-0.05, 0) is 87.4 Å². The third-order valence-electron chi connectivity index (χ3n) is 11.5. The summed E-state index contributed by atoms with van der Waals surface area (Å²) in [6.45, 7) is 1.75. The average Bonchev–Trinajstić information content (AvgIpc) is 2.86. The van der Waals surface area contributed by atoms with E-state index in [1.54, 1.807) is 14.0 Å². The van der Waals surface area contributed by atoms with Crippen LogP contribution < -0.4 is 0 Å². The highest BCUT2D eigenvalue weighted by Gasteiger charge is 2.67. The molecule has 8 heteroatoms. The molecule has 0 amide bonds. The van der Waals surface area contributed by atoms with E-state index < -0.39 is 60.0 Å². The Balaban J connectivity index is 1.42. The SMILES string of the molecule is CCC(O)C1C(O)C[C@@H]2C[C@@H]3CC4C(C5CCCC(OC)C5)CCC(O)C4C(O)C3C(O)C2(O)C1O. The van der Waals surface area contributed by atoms with Crippen LogP contribution in [0.4, 0.5) is 0 Å². The van der Waals surface area contributed by atoms with Gasteiger partial charge in [0.1, 0.15) is 5.60 Å². The summed E-state index contributed by atoms with van der Waals surface area (Å²) < 4.78 is 5.69. The van der Waals surface area contributed by atoms with Crippen molar-refractivity contribution < 1.29 is 40.5 Å². The van der Waals surface area contributed by atoms with Crippen LogP contribution >= 0.6 is 0 Å². The van der Waals surface area contributed by atoms with Gasteiger partial charge in [0.15, 0.2) is 0 Å². The number of rotatable bonds is 4. The minimum atomic E-state index is -1.91. The summed E-state index contributed by atoms with van der Waals surface area (Å²) in [6.07, 6.45) is 1.42. The molecule has 0 aromatic heterocycles. The number of hydrogen-bond donors (Lipinski definition) is 7. The second-order valence-electron chi connectivity index (χ2n) is 13.0. The largest absolute Gasteiger partial charge is 0.393 e. The number of hydrogen-bond acceptors (Lipinski definition) is 8. The topological polar surface area (TPSA) is 151 Å². The van der Waals surface area contributed by atoms with Gasteiger partial charge in [0.25, 0.3) is 0 Å². The smallest absolute Gasteiger partial charge is 0.120 e. The van der Waals surface area contributed by atoms with Crippen molar-refractivity contribution >= 4 is 0 Å². The highest BCUT2D eigenvalue weighted by atomic mass is 16.5. The molecular weight excluding hydrogens is 464 g/mol. The van der Waals surface area contributed by atoms with Crippen LogP contribution in [0.5, 0.6) is 0 Å². The fraction of sp³-hybridized carbons (Fsp3) is 1.00. The number of ether oxygens (including phenoxy) is 1. The molecule has 0 aromatic carbocycles. The van der Waals surface area contributed by atoms with Gasteiger partial charge in [0.05, 0.1) is 42.7 Å². The Morgan fingerprint density at radius 2 is 1.56 bits per heavy atom. The molecule has 5 rings (SSSR count). The molecule has 0 spiro atoms. The third kappa shape index (κ3) is 4.19. The van der Waals surface area contributed by atoms with Crippen LogP contribution in [-0.2, 0) is 4.74 Å². The van der Waals surface area contributed by atoms with Crippen LogP contribution in [-0.4, -0.2) is 91.2 Å². The van der Waals surface area contributed by atoms with Crippen molar-refractivity contribution in [3.05, 3.63) is 0 Å². The van der Waals surface area contributed by atoms with E-state index in [1.165, 1.54) is 0 Å². The van der Waals surface area contributed by atoms with E-state index in [0.29, 0.717) is 31.1 Å². The number of fused-ring (bicyclic) bond motifs is 3. The first-order valence-corrected chi connectivity index (χ1v) is 14.5. The van der Waals surface area contributed by atoms with Crippen LogP contribution in [0.25, 0.3) is 0 Å². The fourth-order valence-corrected chi connectivity index (χ4v) is 9.77. The van der Waals surface area contributed by atoms with Crippen LogP contribution in [0, 0.1) is 47.3 Å². The second-order valence-corrected chi connectivity index (χ2v) is 13.0. The van der Waals surface area contributed by atoms with Gasteiger partial charge in [0, 0.05) is 24.9 Å². The number of aliphatic hydroxyl groups is 7. The quantitative estimate of drug-likeness (QED) is 0.293. The zero-order valence-electron chi connectivity index (χ0n) is 21.8. The lowest BCUT2D eigenvalue weighted by molar-refractivity contribution is -0.296. The number of methoxy groups -OCH3 is 1. The van der Waals surface area contributed by atoms with Gasteiger partial charge in [-0.2, -0.15) is 0 Å². The van der Waals surface area contributed by atoms with Gasteiger partial charge < -0.3 is 40.5 Å². The lowest BCUT2D eigenvalue weighted by Crippen LogP contribution is -2.73. The lowest BCUT2D eigenvalue weighted by Gasteiger charge is -2.63. The molecule has 0 radical (unpaired) electrons. The molecule has 0 aromatic rings. The summed E-state index contributed by atoms with van der Waals surface area (Å²) in [7, 11) is 1.77.